The summed E-state index contributed by atoms with van der Waals surface area (Å²) in [5.74, 6) is 0.324. The molecule has 1 aromatic rings. The van der Waals surface area contributed by atoms with Crippen LogP contribution >= 0.6 is 15.9 Å². The SMILES string of the molecule is OC1CNCC1Cc1coc(Br)c1. The Morgan fingerprint density at radius 3 is 3.00 bits per heavy atom. The molecule has 2 N–H and O–H groups in total. The maximum absolute atomic E-state index is 9.55. The largest absolute Gasteiger partial charge is 0.457 e. The smallest absolute Gasteiger partial charge is 0.169 e. The molecule has 2 unspecified atom stereocenters. The van der Waals surface area contributed by atoms with E-state index in [1.807, 2.05) is 6.07 Å². The third-order valence-corrected chi connectivity index (χ3v) is 2.84. The van der Waals surface area contributed by atoms with Gasteiger partial charge in [-0.1, -0.05) is 0 Å². The van der Waals surface area contributed by atoms with Crippen LogP contribution in [-0.4, -0.2) is 24.3 Å². The van der Waals surface area contributed by atoms with Crippen molar-refractivity contribution in [3.63, 3.8) is 0 Å². The first-order valence-electron chi connectivity index (χ1n) is 4.37. The number of hydrogen-bond acceptors (Lipinski definition) is 3. The predicted molar refractivity (Wildman–Crippen MR) is 52.5 cm³/mol. The van der Waals surface area contributed by atoms with Gasteiger partial charge in [-0.3, -0.25) is 0 Å². The van der Waals surface area contributed by atoms with E-state index in [9.17, 15) is 5.11 Å². The van der Waals surface area contributed by atoms with Gasteiger partial charge in [0.2, 0.25) is 0 Å². The molecule has 72 valence electrons. The number of nitrogens with one attached hydrogen (secondary N) is 1. The van der Waals surface area contributed by atoms with Crippen molar-refractivity contribution in [2.24, 2.45) is 5.92 Å². The maximum atomic E-state index is 9.55. The van der Waals surface area contributed by atoms with Crippen LogP contribution in [-0.2, 0) is 6.42 Å². The van der Waals surface area contributed by atoms with Gasteiger partial charge in [-0.25, -0.2) is 0 Å². The van der Waals surface area contributed by atoms with Gasteiger partial charge in [0.15, 0.2) is 4.67 Å². The molecule has 0 saturated carbocycles. The first-order valence-corrected chi connectivity index (χ1v) is 5.16. The second-order valence-corrected chi connectivity index (χ2v) is 4.23. The fraction of sp³-hybridized carbons (Fsp3) is 0.556. The van der Waals surface area contributed by atoms with E-state index in [4.69, 9.17) is 4.42 Å². The molecule has 1 aliphatic heterocycles. The van der Waals surface area contributed by atoms with Crippen LogP contribution in [0.1, 0.15) is 5.56 Å². The number of furan rings is 1. The minimum Gasteiger partial charge on any atom is -0.457 e. The van der Waals surface area contributed by atoms with E-state index < -0.39 is 0 Å². The van der Waals surface area contributed by atoms with Gasteiger partial charge in [0.05, 0.1) is 12.4 Å². The zero-order chi connectivity index (χ0) is 9.26. The number of aliphatic hydroxyl groups excluding tert-OH is 1. The van der Waals surface area contributed by atoms with Crippen LogP contribution in [0.15, 0.2) is 21.4 Å². The van der Waals surface area contributed by atoms with Crippen LogP contribution in [0.5, 0.6) is 0 Å². The summed E-state index contributed by atoms with van der Waals surface area (Å²) < 4.78 is 5.88. The standard InChI is InChI=1S/C9H12BrNO2/c10-9-2-6(5-13-9)1-7-3-11-4-8(7)12/h2,5,7-8,11-12H,1,3-4H2. The van der Waals surface area contributed by atoms with Crippen molar-refractivity contribution in [2.75, 3.05) is 13.1 Å². The van der Waals surface area contributed by atoms with Gasteiger partial charge < -0.3 is 14.8 Å². The van der Waals surface area contributed by atoms with Crippen molar-refractivity contribution in [2.45, 2.75) is 12.5 Å². The van der Waals surface area contributed by atoms with E-state index in [1.54, 1.807) is 6.26 Å². The van der Waals surface area contributed by atoms with Crippen LogP contribution in [0.4, 0.5) is 0 Å². The van der Waals surface area contributed by atoms with Crippen molar-refractivity contribution in [1.82, 2.24) is 5.32 Å². The highest BCUT2D eigenvalue weighted by atomic mass is 79.9. The first-order chi connectivity index (χ1) is 6.25. The van der Waals surface area contributed by atoms with Crippen LogP contribution < -0.4 is 5.32 Å². The summed E-state index contributed by atoms with van der Waals surface area (Å²) in [5, 5.41) is 12.7. The second kappa shape index (κ2) is 3.82. The topological polar surface area (TPSA) is 45.4 Å². The summed E-state index contributed by atoms with van der Waals surface area (Å²) in [4.78, 5) is 0. The fourth-order valence-corrected chi connectivity index (χ4v) is 2.07. The fourth-order valence-electron chi connectivity index (χ4n) is 1.68. The molecule has 1 aliphatic rings. The monoisotopic (exact) mass is 245 g/mol. The molecule has 1 aromatic heterocycles. The first kappa shape index (κ1) is 9.24. The lowest BCUT2D eigenvalue weighted by Gasteiger charge is -2.10. The Balaban J connectivity index is 1.97. The van der Waals surface area contributed by atoms with E-state index in [0.717, 1.165) is 23.2 Å². The molecule has 0 spiro atoms. The minimum atomic E-state index is -0.214. The maximum Gasteiger partial charge on any atom is 0.169 e. The Kier molecular flexibility index (Phi) is 2.71. The lowest BCUT2D eigenvalue weighted by atomic mass is 9.99. The van der Waals surface area contributed by atoms with Gasteiger partial charge in [0, 0.05) is 19.0 Å². The quantitative estimate of drug-likeness (QED) is 0.823. The van der Waals surface area contributed by atoms with Crippen molar-refractivity contribution in [3.8, 4) is 0 Å². The molecule has 2 rings (SSSR count). The summed E-state index contributed by atoms with van der Waals surface area (Å²) in [5.41, 5.74) is 1.14. The van der Waals surface area contributed by atoms with Crippen LogP contribution in [0, 0.1) is 5.92 Å². The molecule has 0 aromatic carbocycles. The van der Waals surface area contributed by atoms with E-state index in [0.29, 0.717) is 12.5 Å². The average Bonchev–Trinajstić information content (AvgIpc) is 2.64. The van der Waals surface area contributed by atoms with Crippen LogP contribution in [0.3, 0.4) is 0 Å². The van der Waals surface area contributed by atoms with Crippen molar-refractivity contribution < 1.29 is 9.52 Å². The van der Waals surface area contributed by atoms with Gasteiger partial charge in [0.25, 0.3) is 0 Å². The molecule has 0 amide bonds. The zero-order valence-electron chi connectivity index (χ0n) is 7.16. The van der Waals surface area contributed by atoms with Crippen LogP contribution in [0.25, 0.3) is 0 Å². The Morgan fingerprint density at radius 2 is 2.46 bits per heavy atom. The lowest BCUT2D eigenvalue weighted by molar-refractivity contribution is 0.147. The van der Waals surface area contributed by atoms with Gasteiger partial charge >= 0.3 is 0 Å². The molecule has 1 saturated heterocycles. The van der Waals surface area contributed by atoms with E-state index in [2.05, 4.69) is 21.2 Å². The summed E-state index contributed by atoms with van der Waals surface area (Å²) in [7, 11) is 0. The summed E-state index contributed by atoms with van der Waals surface area (Å²) >= 11 is 3.25. The number of halogens is 1. The molecule has 1 fully saturated rings. The molecule has 13 heavy (non-hydrogen) atoms. The minimum absolute atomic E-state index is 0.214. The Labute approximate surface area is 85.3 Å². The van der Waals surface area contributed by atoms with Gasteiger partial charge in [-0.2, -0.15) is 0 Å². The Morgan fingerprint density at radius 1 is 1.62 bits per heavy atom. The van der Waals surface area contributed by atoms with Gasteiger partial charge in [-0.15, -0.1) is 0 Å². The Bertz CT molecular complexity index is 287. The number of β-amino-alcohol motifs (C(OH)–C–C–N with tert-alkyl or cyclic N) is 1. The molecule has 0 bridgehead atoms. The van der Waals surface area contributed by atoms with E-state index in [-0.39, 0.29) is 6.10 Å². The van der Waals surface area contributed by atoms with Crippen LogP contribution in [0.2, 0.25) is 0 Å². The molecule has 2 atom stereocenters. The zero-order valence-corrected chi connectivity index (χ0v) is 8.75. The summed E-state index contributed by atoms with van der Waals surface area (Å²) in [6.45, 7) is 1.60. The summed E-state index contributed by atoms with van der Waals surface area (Å²) in [6, 6.07) is 1.95. The highest BCUT2D eigenvalue weighted by molar-refractivity contribution is 9.10. The van der Waals surface area contributed by atoms with Gasteiger partial charge in [0.1, 0.15) is 0 Å². The molecule has 2 heterocycles. The van der Waals surface area contributed by atoms with Crippen molar-refractivity contribution in [1.29, 1.82) is 0 Å². The van der Waals surface area contributed by atoms with E-state index >= 15 is 0 Å². The molecule has 4 heteroatoms. The third-order valence-electron chi connectivity index (χ3n) is 2.42. The lowest BCUT2D eigenvalue weighted by Crippen LogP contribution is -2.19. The third kappa shape index (κ3) is 2.13. The van der Waals surface area contributed by atoms with E-state index in [1.165, 1.54) is 0 Å². The van der Waals surface area contributed by atoms with Crippen molar-refractivity contribution >= 4 is 15.9 Å². The number of hydrogen-bond donors (Lipinski definition) is 2. The molecule has 0 radical (unpaired) electrons. The number of rotatable bonds is 2. The molecule has 3 nitrogen and oxygen atoms in total. The van der Waals surface area contributed by atoms with Gasteiger partial charge in [-0.05, 0) is 34.0 Å². The molecular formula is C9H12BrNO2. The predicted octanol–water partition coefficient (Wildman–Crippen LogP) is 1.16. The normalized spacial score (nSPS) is 28.2. The molecular weight excluding hydrogens is 234 g/mol. The molecule has 0 aliphatic carbocycles. The average molecular weight is 246 g/mol. The second-order valence-electron chi connectivity index (χ2n) is 3.45. The summed E-state index contributed by atoms with van der Waals surface area (Å²) in [6.07, 6.45) is 2.40. The highest BCUT2D eigenvalue weighted by Gasteiger charge is 2.25. The highest BCUT2D eigenvalue weighted by Crippen LogP contribution is 2.20. The van der Waals surface area contributed by atoms with Crippen molar-refractivity contribution in [3.05, 3.63) is 22.6 Å². The Hall–Kier alpha value is -0.320. The number of aliphatic hydroxyl groups is 1.